The van der Waals surface area contributed by atoms with E-state index in [4.69, 9.17) is 9.84 Å². The molecule has 6 nitrogen and oxygen atoms in total. The zero-order valence-corrected chi connectivity index (χ0v) is 20.1. The summed E-state index contributed by atoms with van der Waals surface area (Å²) in [5, 5.41) is 13.5. The van der Waals surface area contributed by atoms with Gasteiger partial charge in [0.2, 0.25) is 0 Å². The van der Waals surface area contributed by atoms with Crippen LogP contribution in [0, 0.1) is 5.92 Å². The first-order valence-corrected chi connectivity index (χ1v) is 12.3. The molecule has 4 aromatic rings. The van der Waals surface area contributed by atoms with Crippen molar-refractivity contribution in [2.45, 2.75) is 32.2 Å². The molecule has 0 fully saturated rings. The van der Waals surface area contributed by atoms with Crippen LogP contribution in [-0.4, -0.2) is 32.4 Å². The van der Waals surface area contributed by atoms with Crippen LogP contribution in [0.5, 0.6) is 5.75 Å². The minimum absolute atomic E-state index is 0.305. The van der Waals surface area contributed by atoms with Crippen LogP contribution in [-0.2, 0) is 30.6 Å². The van der Waals surface area contributed by atoms with Crippen molar-refractivity contribution in [1.29, 1.82) is 0 Å². The number of aliphatic carboxylic acids is 1. The minimum atomic E-state index is -0.955. The van der Waals surface area contributed by atoms with E-state index in [1.165, 1.54) is 22.3 Å². The molecule has 36 heavy (non-hydrogen) atoms. The number of carboxylic acid groups (broad SMARTS) is 1. The molecule has 1 N–H and O–H groups in total. The highest BCUT2D eigenvalue weighted by Crippen LogP contribution is 2.33. The van der Waals surface area contributed by atoms with Gasteiger partial charge in [0, 0.05) is 30.6 Å². The van der Waals surface area contributed by atoms with Gasteiger partial charge in [-0.05, 0) is 65.1 Å². The quantitative estimate of drug-likeness (QED) is 0.327. The van der Waals surface area contributed by atoms with Crippen molar-refractivity contribution in [2.75, 3.05) is 6.61 Å². The first-order valence-electron chi connectivity index (χ1n) is 12.3. The number of hydrogen-bond donors (Lipinski definition) is 1. The molecule has 1 aliphatic carbocycles. The van der Waals surface area contributed by atoms with Crippen molar-refractivity contribution in [3.63, 3.8) is 0 Å². The average Bonchev–Trinajstić information content (AvgIpc) is 3.35. The van der Waals surface area contributed by atoms with Crippen LogP contribution < -0.4 is 4.74 Å². The van der Waals surface area contributed by atoms with Gasteiger partial charge in [-0.1, -0.05) is 54.6 Å². The van der Waals surface area contributed by atoms with Crippen LogP contribution >= 0.6 is 0 Å². The summed E-state index contributed by atoms with van der Waals surface area (Å²) in [6, 6.07) is 18.4. The van der Waals surface area contributed by atoms with Crippen LogP contribution in [0.3, 0.4) is 0 Å². The first-order chi connectivity index (χ1) is 17.7. The monoisotopic (exact) mass is 479 g/mol. The molecule has 182 valence electrons. The summed E-state index contributed by atoms with van der Waals surface area (Å²) in [5.41, 5.74) is 7.15. The van der Waals surface area contributed by atoms with E-state index in [-0.39, 0.29) is 6.61 Å². The molecule has 0 bridgehead atoms. The summed E-state index contributed by atoms with van der Waals surface area (Å²) >= 11 is 0. The Morgan fingerprint density at radius 1 is 1.11 bits per heavy atom. The number of ether oxygens (including phenoxy) is 1. The smallest absolute Gasteiger partial charge is 0.341 e. The lowest BCUT2D eigenvalue weighted by molar-refractivity contribution is -0.139. The summed E-state index contributed by atoms with van der Waals surface area (Å²) in [6.45, 7) is 0.427. The van der Waals surface area contributed by atoms with Crippen LogP contribution in [0.4, 0.5) is 0 Å². The number of benzene rings is 2. The Balaban J connectivity index is 1.19. The Hall–Kier alpha value is -4.19. The molecule has 1 atom stereocenters. The summed E-state index contributed by atoms with van der Waals surface area (Å²) in [7, 11) is 0. The molecule has 0 radical (unpaired) electrons. The number of nitrogens with zero attached hydrogens (tertiary/aromatic N) is 3. The Bertz CT molecular complexity index is 1360. The highest BCUT2D eigenvalue weighted by atomic mass is 16.5. The highest BCUT2D eigenvalue weighted by molar-refractivity contribution is 5.68. The Kier molecular flexibility index (Phi) is 7.22. The number of allylic oxidation sites excluding steroid dienone is 2. The first kappa shape index (κ1) is 23.5. The highest BCUT2D eigenvalue weighted by Gasteiger charge is 2.20. The normalized spacial score (nSPS) is 15.1. The van der Waals surface area contributed by atoms with Crippen LogP contribution in [0.15, 0.2) is 91.5 Å². The fourth-order valence-electron chi connectivity index (χ4n) is 4.90. The third-order valence-corrected chi connectivity index (χ3v) is 6.60. The van der Waals surface area contributed by atoms with E-state index in [0.717, 1.165) is 43.4 Å². The predicted molar refractivity (Wildman–Crippen MR) is 139 cm³/mol. The molecular formula is C30H29N3O3. The second kappa shape index (κ2) is 11.0. The SMILES string of the molecule is O=C(O)COc1cccc2c1CCC(C=CCn1cc(Cc3ccccc3-c3cccnc3)cn1)C2. The lowest BCUT2D eigenvalue weighted by Gasteiger charge is -2.24. The number of pyridine rings is 1. The van der Waals surface area contributed by atoms with E-state index in [2.05, 4.69) is 64.8 Å². The predicted octanol–water partition coefficient (Wildman–Crippen LogP) is 5.36. The molecule has 2 heterocycles. The topological polar surface area (TPSA) is 77.2 Å². The molecule has 0 saturated carbocycles. The minimum Gasteiger partial charge on any atom is -0.482 e. The summed E-state index contributed by atoms with van der Waals surface area (Å²) in [5.74, 6) is 0.198. The van der Waals surface area contributed by atoms with Gasteiger partial charge in [-0.3, -0.25) is 9.67 Å². The summed E-state index contributed by atoms with van der Waals surface area (Å²) < 4.78 is 7.46. The van der Waals surface area contributed by atoms with Gasteiger partial charge < -0.3 is 9.84 Å². The third-order valence-electron chi connectivity index (χ3n) is 6.60. The van der Waals surface area contributed by atoms with Crippen LogP contribution in [0.25, 0.3) is 11.1 Å². The second-order valence-electron chi connectivity index (χ2n) is 9.15. The van der Waals surface area contributed by atoms with E-state index >= 15 is 0 Å². The summed E-state index contributed by atoms with van der Waals surface area (Å²) in [6.07, 6.45) is 15.9. The molecule has 0 spiro atoms. The van der Waals surface area contributed by atoms with E-state index in [0.29, 0.717) is 11.7 Å². The maximum Gasteiger partial charge on any atom is 0.341 e. The number of fused-ring (bicyclic) bond motifs is 1. The number of carboxylic acids is 1. The molecule has 6 heteroatoms. The number of rotatable bonds is 9. The van der Waals surface area contributed by atoms with Crippen molar-refractivity contribution in [3.05, 3.63) is 114 Å². The number of carbonyl (C=O) groups is 1. The van der Waals surface area contributed by atoms with E-state index in [9.17, 15) is 4.79 Å². The standard InChI is InChI=1S/C30H29N3O3/c34-30(35)21-36-29-11-3-8-25-16-22(12-13-28(25)29)6-5-15-33-20-23(18-32-33)17-24-7-1-2-10-27(24)26-9-4-14-31-19-26/h1-11,14,18-20,22H,12-13,15-17,21H2,(H,34,35). The zero-order chi connectivity index (χ0) is 24.7. The molecule has 5 rings (SSSR count). The molecule has 1 unspecified atom stereocenters. The maximum absolute atomic E-state index is 10.9. The van der Waals surface area contributed by atoms with Crippen molar-refractivity contribution >= 4 is 5.97 Å². The van der Waals surface area contributed by atoms with Crippen LogP contribution in [0.2, 0.25) is 0 Å². The maximum atomic E-state index is 10.9. The van der Waals surface area contributed by atoms with Gasteiger partial charge in [-0.15, -0.1) is 0 Å². The molecule has 2 aromatic carbocycles. The number of hydrogen-bond acceptors (Lipinski definition) is 4. The lowest BCUT2D eigenvalue weighted by Crippen LogP contribution is -2.16. The molecule has 1 aliphatic rings. The van der Waals surface area contributed by atoms with Gasteiger partial charge in [-0.2, -0.15) is 5.10 Å². The molecule has 2 aromatic heterocycles. The molecule has 0 aliphatic heterocycles. The Labute approximate surface area is 210 Å². The van der Waals surface area contributed by atoms with Gasteiger partial charge in [0.05, 0.1) is 12.7 Å². The largest absolute Gasteiger partial charge is 0.482 e. The summed E-state index contributed by atoms with van der Waals surface area (Å²) in [4.78, 5) is 15.1. The van der Waals surface area contributed by atoms with Gasteiger partial charge in [0.15, 0.2) is 6.61 Å². The van der Waals surface area contributed by atoms with Gasteiger partial charge in [0.25, 0.3) is 0 Å². The van der Waals surface area contributed by atoms with Gasteiger partial charge in [0.1, 0.15) is 5.75 Å². The molecule has 0 amide bonds. The zero-order valence-electron chi connectivity index (χ0n) is 20.1. The fraction of sp³-hybridized carbons (Fsp3) is 0.233. The van der Waals surface area contributed by atoms with E-state index < -0.39 is 5.97 Å². The van der Waals surface area contributed by atoms with Gasteiger partial charge in [-0.25, -0.2) is 4.79 Å². The van der Waals surface area contributed by atoms with E-state index in [1.54, 1.807) is 6.20 Å². The van der Waals surface area contributed by atoms with Gasteiger partial charge >= 0.3 is 5.97 Å². The van der Waals surface area contributed by atoms with E-state index in [1.807, 2.05) is 35.3 Å². The molecular weight excluding hydrogens is 450 g/mol. The third kappa shape index (κ3) is 5.71. The van der Waals surface area contributed by atoms with Crippen molar-refractivity contribution < 1.29 is 14.6 Å². The Morgan fingerprint density at radius 2 is 2.03 bits per heavy atom. The fourth-order valence-corrected chi connectivity index (χ4v) is 4.90. The lowest BCUT2D eigenvalue weighted by atomic mass is 9.83. The number of aromatic nitrogens is 3. The molecule has 0 saturated heterocycles. The van der Waals surface area contributed by atoms with Crippen molar-refractivity contribution in [3.8, 4) is 16.9 Å². The average molecular weight is 480 g/mol. The van der Waals surface area contributed by atoms with Crippen LogP contribution in [0.1, 0.15) is 28.7 Å². The Morgan fingerprint density at radius 3 is 2.89 bits per heavy atom. The second-order valence-corrected chi connectivity index (χ2v) is 9.15. The van der Waals surface area contributed by atoms with Crippen molar-refractivity contribution in [2.24, 2.45) is 5.92 Å². The van der Waals surface area contributed by atoms with Crippen molar-refractivity contribution in [1.82, 2.24) is 14.8 Å².